The summed E-state index contributed by atoms with van der Waals surface area (Å²) in [6.45, 7) is 1.11. The number of hydrogen-bond donors (Lipinski definition) is 4. The van der Waals surface area contributed by atoms with Gasteiger partial charge in [-0.15, -0.1) is 0 Å². The lowest BCUT2D eigenvalue weighted by atomic mass is 9.84. The van der Waals surface area contributed by atoms with Crippen LogP contribution in [0.2, 0.25) is 0 Å². The fourth-order valence-corrected chi connectivity index (χ4v) is 2.83. The normalized spacial score (nSPS) is 30.9. The van der Waals surface area contributed by atoms with Crippen LogP contribution in [0, 0.1) is 0 Å². The number of rotatable bonds is 5. The Morgan fingerprint density at radius 3 is 2.07 bits per heavy atom. The van der Waals surface area contributed by atoms with Crippen molar-refractivity contribution in [3.63, 3.8) is 0 Å². The number of aliphatic hydroxyl groups is 3. The number of methoxy groups -OCH3 is 1. The second kappa shape index (κ2) is 8.96. The minimum absolute atomic E-state index is 0.0717. The molecule has 6 unspecified atom stereocenters. The van der Waals surface area contributed by atoms with Crippen molar-refractivity contribution in [3.8, 4) is 5.75 Å². The Balaban J connectivity index is 2.17. The van der Waals surface area contributed by atoms with Gasteiger partial charge < -0.3 is 34.6 Å². The van der Waals surface area contributed by atoms with Crippen LogP contribution in [0.4, 0.5) is 0 Å². The molecule has 0 radical (unpaired) electrons. The van der Waals surface area contributed by atoms with Crippen LogP contribution in [-0.2, 0) is 23.8 Å². The number of carbonyl (C=O) groups is 2. The van der Waals surface area contributed by atoms with E-state index < -0.39 is 48.6 Å². The first-order valence-corrected chi connectivity index (χ1v) is 8.16. The summed E-state index contributed by atoms with van der Waals surface area (Å²) in [5.41, 5.74) is 0.607. The molecule has 1 aromatic rings. The molecule has 0 bridgehead atoms. The Bertz CT molecular complexity index is 685. The summed E-state index contributed by atoms with van der Waals surface area (Å²) >= 11 is 0. The average molecular weight is 382 g/mol. The number of hydrogen-bond acceptors (Lipinski definition) is 9. The van der Waals surface area contributed by atoms with Crippen molar-refractivity contribution in [2.75, 3.05) is 7.11 Å². The van der Waals surface area contributed by atoms with Gasteiger partial charge in [0.2, 0.25) is 0 Å². The topological polar surface area (TPSA) is 143 Å². The van der Waals surface area contributed by atoms with Crippen LogP contribution >= 0.6 is 0 Å². The van der Waals surface area contributed by atoms with Gasteiger partial charge in [0.05, 0.1) is 0 Å². The molecule has 1 aliphatic carbocycles. The highest BCUT2D eigenvalue weighted by Gasteiger charge is 2.53. The first kappa shape index (κ1) is 20.8. The monoisotopic (exact) mass is 382 g/mol. The molecule has 0 amide bonds. The van der Waals surface area contributed by atoms with Crippen molar-refractivity contribution in [1.29, 1.82) is 0 Å². The number of ether oxygens (including phenoxy) is 3. The highest BCUT2D eigenvalue weighted by atomic mass is 16.6. The van der Waals surface area contributed by atoms with E-state index in [1.807, 2.05) is 0 Å². The first-order chi connectivity index (χ1) is 12.7. The molecule has 1 aromatic carbocycles. The van der Waals surface area contributed by atoms with E-state index in [0.717, 1.165) is 13.0 Å². The van der Waals surface area contributed by atoms with Gasteiger partial charge in [0.1, 0.15) is 30.2 Å². The fourth-order valence-electron chi connectivity index (χ4n) is 2.83. The molecule has 6 atom stereocenters. The van der Waals surface area contributed by atoms with E-state index in [4.69, 9.17) is 14.2 Å². The third-order valence-electron chi connectivity index (χ3n) is 4.15. The second-order valence-corrected chi connectivity index (χ2v) is 6.07. The molecule has 4 N–H and O–H groups in total. The molecule has 9 nitrogen and oxygen atoms in total. The van der Waals surface area contributed by atoms with E-state index in [-0.39, 0.29) is 5.75 Å². The summed E-state index contributed by atoms with van der Waals surface area (Å²) in [4.78, 5) is 23.5. The maximum Gasteiger partial charge on any atom is 0.331 e. The van der Waals surface area contributed by atoms with Crippen LogP contribution in [0.25, 0.3) is 6.08 Å². The van der Waals surface area contributed by atoms with Crippen LogP contribution in [0.15, 0.2) is 30.3 Å². The summed E-state index contributed by atoms with van der Waals surface area (Å²) in [5, 5.41) is 39.4. The molecule has 0 heterocycles. The average Bonchev–Trinajstić information content (AvgIpc) is 2.63. The zero-order chi connectivity index (χ0) is 20.1. The fraction of sp³-hybridized carbons (Fsp3) is 0.444. The van der Waals surface area contributed by atoms with Crippen molar-refractivity contribution >= 4 is 18.0 Å². The van der Waals surface area contributed by atoms with Gasteiger partial charge in [-0.3, -0.25) is 4.79 Å². The summed E-state index contributed by atoms with van der Waals surface area (Å²) < 4.78 is 15.3. The summed E-state index contributed by atoms with van der Waals surface area (Å²) in [7, 11) is 1.22. The zero-order valence-electron chi connectivity index (χ0n) is 14.8. The number of phenols is 1. The van der Waals surface area contributed by atoms with E-state index in [1.54, 1.807) is 12.1 Å². The lowest BCUT2D eigenvalue weighted by Crippen LogP contribution is -2.66. The summed E-state index contributed by atoms with van der Waals surface area (Å²) in [6.07, 6.45) is -6.38. The number of aliphatic hydroxyl groups excluding tert-OH is 3. The number of aromatic hydroxyl groups is 1. The lowest BCUT2D eigenvalue weighted by Gasteiger charge is -2.43. The molecule has 27 heavy (non-hydrogen) atoms. The van der Waals surface area contributed by atoms with Crippen molar-refractivity contribution in [3.05, 3.63) is 35.9 Å². The SMILES string of the molecule is COC1C(O)C(O)C(O)C(OC(=O)C=Cc2ccc(O)cc2)C1OC(C)=O. The quantitative estimate of drug-likeness (QED) is 0.386. The molecule has 9 heteroatoms. The van der Waals surface area contributed by atoms with Gasteiger partial charge >= 0.3 is 11.9 Å². The van der Waals surface area contributed by atoms with Gasteiger partial charge in [-0.2, -0.15) is 0 Å². The summed E-state index contributed by atoms with van der Waals surface area (Å²) in [5.74, 6) is -1.54. The number of phenolic OH excluding ortho intramolecular Hbond substituents is 1. The maximum absolute atomic E-state index is 12.1. The van der Waals surface area contributed by atoms with Gasteiger partial charge in [0.25, 0.3) is 0 Å². The third kappa shape index (κ3) is 5.04. The van der Waals surface area contributed by atoms with Gasteiger partial charge in [0, 0.05) is 20.1 Å². The van der Waals surface area contributed by atoms with E-state index >= 15 is 0 Å². The van der Waals surface area contributed by atoms with Gasteiger partial charge in [-0.1, -0.05) is 12.1 Å². The van der Waals surface area contributed by atoms with E-state index in [2.05, 4.69) is 0 Å². The second-order valence-electron chi connectivity index (χ2n) is 6.07. The standard InChI is InChI=1S/C18H22O9/c1-9(19)26-18-16(25-2)14(23)13(22)15(24)17(18)27-12(21)8-5-10-3-6-11(20)7-4-10/h3-8,13-18,20,22-24H,1-2H3. The first-order valence-electron chi connectivity index (χ1n) is 8.16. The molecule has 1 aliphatic rings. The van der Waals surface area contributed by atoms with E-state index in [0.29, 0.717) is 5.56 Å². The predicted octanol–water partition coefficient (Wildman–Crippen LogP) is -0.640. The maximum atomic E-state index is 12.1. The van der Waals surface area contributed by atoms with Crippen LogP contribution in [0.3, 0.4) is 0 Å². The third-order valence-corrected chi connectivity index (χ3v) is 4.15. The smallest absolute Gasteiger partial charge is 0.331 e. The lowest BCUT2D eigenvalue weighted by molar-refractivity contribution is -0.244. The Morgan fingerprint density at radius 1 is 0.926 bits per heavy atom. The Hall–Kier alpha value is -2.46. The van der Waals surface area contributed by atoms with Crippen molar-refractivity contribution < 1.29 is 44.2 Å². The van der Waals surface area contributed by atoms with Crippen LogP contribution in [0.1, 0.15) is 12.5 Å². The molecule has 0 aromatic heterocycles. The summed E-state index contributed by atoms with van der Waals surface area (Å²) in [6, 6.07) is 6.01. The zero-order valence-corrected chi connectivity index (χ0v) is 14.8. The molecule has 0 saturated heterocycles. The van der Waals surface area contributed by atoms with Crippen LogP contribution in [-0.4, -0.2) is 76.1 Å². The number of esters is 2. The predicted molar refractivity (Wildman–Crippen MR) is 91.4 cm³/mol. The molecular weight excluding hydrogens is 360 g/mol. The van der Waals surface area contributed by atoms with Gasteiger partial charge in [-0.05, 0) is 23.8 Å². The molecule has 1 fully saturated rings. The van der Waals surface area contributed by atoms with Crippen molar-refractivity contribution in [2.45, 2.75) is 43.5 Å². The molecule has 0 spiro atoms. The molecule has 2 rings (SSSR count). The molecule has 0 aliphatic heterocycles. The van der Waals surface area contributed by atoms with Crippen molar-refractivity contribution in [1.82, 2.24) is 0 Å². The van der Waals surface area contributed by atoms with Crippen molar-refractivity contribution in [2.24, 2.45) is 0 Å². The van der Waals surface area contributed by atoms with E-state index in [9.17, 15) is 30.0 Å². The van der Waals surface area contributed by atoms with Gasteiger partial charge in [0.15, 0.2) is 12.2 Å². The minimum Gasteiger partial charge on any atom is -0.508 e. The Labute approximate surface area is 155 Å². The highest BCUT2D eigenvalue weighted by Crippen LogP contribution is 2.28. The molecule has 148 valence electrons. The Kier molecular flexibility index (Phi) is 6.92. The largest absolute Gasteiger partial charge is 0.508 e. The minimum atomic E-state index is -1.69. The highest BCUT2D eigenvalue weighted by molar-refractivity contribution is 5.87. The molecule has 1 saturated carbocycles. The van der Waals surface area contributed by atoms with Crippen LogP contribution in [0.5, 0.6) is 5.75 Å². The Morgan fingerprint density at radius 2 is 1.52 bits per heavy atom. The number of carbonyl (C=O) groups excluding carboxylic acids is 2. The van der Waals surface area contributed by atoms with E-state index in [1.165, 1.54) is 25.3 Å². The van der Waals surface area contributed by atoms with Crippen LogP contribution < -0.4 is 0 Å². The van der Waals surface area contributed by atoms with Gasteiger partial charge in [-0.25, -0.2) is 4.79 Å². The molecular formula is C18H22O9. The number of benzene rings is 1.